The molecule has 1 aromatic carbocycles. The predicted octanol–water partition coefficient (Wildman–Crippen LogP) is 4.22. The lowest BCUT2D eigenvalue weighted by molar-refractivity contribution is 0.0931. The molecule has 0 spiro atoms. The van der Waals surface area contributed by atoms with Crippen LogP contribution in [0.2, 0.25) is 0 Å². The van der Waals surface area contributed by atoms with Crippen molar-refractivity contribution in [2.24, 2.45) is 11.8 Å². The van der Waals surface area contributed by atoms with Crippen LogP contribution in [0.15, 0.2) is 43.0 Å². The Hall–Kier alpha value is -1.08. The molecule has 0 fully saturated rings. The summed E-state index contributed by atoms with van der Waals surface area (Å²) < 4.78 is 0. The van der Waals surface area contributed by atoms with Crippen LogP contribution in [0, 0.1) is 11.8 Å². The van der Waals surface area contributed by atoms with Gasteiger partial charge in [-0.05, 0) is 37.2 Å². The van der Waals surface area contributed by atoms with Crippen LogP contribution in [-0.4, -0.2) is 11.2 Å². The third-order valence-electron chi connectivity index (χ3n) is 3.68. The molecular weight excluding hydrogens is 220 g/mol. The number of aliphatic hydroxyl groups excluding tert-OH is 1. The van der Waals surface area contributed by atoms with Crippen molar-refractivity contribution in [1.29, 1.82) is 0 Å². The zero-order valence-corrected chi connectivity index (χ0v) is 11.7. The standard InChI is InChI=1S/C17H26O/c1-4-6-12-17(14(3)18)16(5-2)13-15-10-8-7-9-11-15/h5,7-11,14,16-18H,2,4,6,12-13H2,1,3H3/t14-,16+,17-/m0/s1. The summed E-state index contributed by atoms with van der Waals surface area (Å²) >= 11 is 0. The van der Waals surface area contributed by atoms with Crippen molar-refractivity contribution in [1.82, 2.24) is 0 Å². The van der Waals surface area contributed by atoms with Crippen LogP contribution in [0.4, 0.5) is 0 Å². The van der Waals surface area contributed by atoms with E-state index in [1.807, 2.05) is 19.1 Å². The smallest absolute Gasteiger partial charge is 0.0546 e. The second-order valence-corrected chi connectivity index (χ2v) is 5.14. The summed E-state index contributed by atoms with van der Waals surface area (Å²) in [5.41, 5.74) is 1.32. The van der Waals surface area contributed by atoms with Gasteiger partial charge in [0.25, 0.3) is 0 Å². The summed E-state index contributed by atoms with van der Waals surface area (Å²) in [6.07, 6.45) is 6.16. The zero-order valence-electron chi connectivity index (χ0n) is 11.7. The molecule has 0 aliphatic rings. The lowest BCUT2D eigenvalue weighted by atomic mass is 9.80. The normalized spacial score (nSPS) is 15.9. The van der Waals surface area contributed by atoms with E-state index in [0.717, 1.165) is 12.8 Å². The van der Waals surface area contributed by atoms with Crippen LogP contribution in [0.25, 0.3) is 0 Å². The van der Waals surface area contributed by atoms with E-state index in [0.29, 0.717) is 11.8 Å². The quantitative estimate of drug-likeness (QED) is 0.681. The molecule has 0 heterocycles. The number of unbranched alkanes of at least 4 members (excludes halogenated alkanes) is 1. The zero-order chi connectivity index (χ0) is 13.4. The number of aliphatic hydroxyl groups is 1. The van der Waals surface area contributed by atoms with Gasteiger partial charge in [0.1, 0.15) is 0 Å². The highest BCUT2D eigenvalue weighted by atomic mass is 16.3. The fourth-order valence-corrected chi connectivity index (χ4v) is 2.55. The van der Waals surface area contributed by atoms with Crippen molar-refractivity contribution in [3.8, 4) is 0 Å². The van der Waals surface area contributed by atoms with E-state index in [1.54, 1.807) is 0 Å². The summed E-state index contributed by atoms with van der Waals surface area (Å²) in [5.74, 6) is 0.682. The lowest BCUT2D eigenvalue weighted by Crippen LogP contribution is -2.26. The highest BCUT2D eigenvalue weighted by molar-refractivity contribution is 5.16. The van der Waals surface area contributed by atoms with Gasteiger partial charge in [-0.3, -0.25) is 0 Å². The highest BCUT2D eigenvalue weighted by Crippen LogP contribution is 2.26. The van der Waals surface area contributed by atoms with Crippen LogP contribution in [0.1, 0.15) is 38.7 Å². The minimum atomic E-state index is -0.261. The number of allylic oxidation sites excluding steroid dienone is 1. The van der Waals surface area contributed by atoms with Gasteiger partial charge in [-0.1, -0.05) is 56.2 Å². The van der Waals surface area contributed by atoms with Crippen LogP contribution in [-0.2, 0) is 6.42 Å². The Kier molecular flexibility index (Phi) is 6.74. The molecule has 1 aromatic rings. The minimum Gasteiger partial charge on any atom is -0.393 e. The Labute approximate surface area is 112 Å². The molecule has 0 unspecified atom stereocenters. The monoisotopic (exact) mass is 246 g/mol. The second kappa shape index (κ2) is 8.10. The summed E-state index contributed by atoms with van der Waals surface area (Å²) in [4.78, 5) is 0. The van der Waals surface area contributed by atoms with Gasteiger partial charge in [-0.15, -0.1) is 6.58 Å². The average Bonchev–Trinajstić information content (AvgIpc) is 2.38. The van der Waals surface area contributed by atoms with Gasteiger partial charge in [-0.25, -0.2) is 0 Å². The Morgan fingerprint density at radius 2 is 1.94 bits per heavy atom. The van der Waals surface area contributed by atoms with E-state index < -0.39 is 0 Å². The molecule has 1 heteroatoms. The Balaban J connectivity index is 2.69. The Morgan fingerprint density at radius 1 is 1.28 bits per heavy atom. The number of rotatable bonds is 8. The third kappa shape index (κ3) is 4.66. The molecule has 0 saturated carbocycles. The van der Waals surface area contributed by atoms with E-state index in [4.69, 9.17) is 0 Å². The minimum absolute atomic E-state index is 0.261. The first-order valence-electron chi connectivity index (χ1n) is 7.03. The van der Waals surface area contributed by atoms with Crippen LogP contribution in [0.5, 0.6) is 0 Å². The Morgan fingerprint density at radius 3 is 2.44 bits per heavy atom. The van der Waals surface area contributed by atoms with Crippen LogP contribution in [0.3, 0.4) is 0 Å². The molecule has 0 amide bonds. The number of hydrogen-bond donors (Lipinski definition) is 1. The maximum absolute atomic E-state index is 9.97. The van der Waals surface area contributed by atoms with Crippen molar-refractivity contribution >= 4 is 0 Å². The van der Waals surface area contributed by atoms with Crippen molar-refractivity contribution < 1.29 is 5.11 Å². The van der Waals surface area contributed by atoms with Gasteiger partial charge in [0, 0.05) is 0 Å². The molecule has 1 N–H and O–H groups in total. The van der Waals surface area contributed by atoms with Gasteiger partial charge in [-0.2, -0.15) is 0 Å². The Bertz CT molecular complexity index is 329. The molecule has 0 aliphatic carbocycles. The maximum Gasteiger partial charge on any atom is 0.0546 e. The molecule has 0 bridgehead atoms. The summed E-state index contributed by atoms with van der Waals surface area (Å²) in [5, 5.41) is 9.97. The van der Waals surface area contributed by atoms with Crippen molar-refractivity contribution in [3.05, 3.63) is 48.6 Å². The molecular formula is C17H26O. The molecule has 18 heavy (non-hydrogen) atoms. The first kappa shape index (κ1) is 15.0. The molecule has 0 saturated heterocycles. The van der Waals surface area contributed by atoms with E-state index in [1.165, 1.54) is 18.4 Å². The SMILES string of the molecule is C=C[C@H](Cc1ccccc1)[C@@H](CCCC)[C@H](C)O. The van der Waals surface area contributed by atoms with E-state index in [9.17, 15) is 5.11 Å². The summed E-state index contributed by atoms with van der Waals surface area (Å²) in [6, 6.07) is 10.5. The first-order valence-corrected chi connectivity index (χ1v) is 7.03. The van der Waals surface area contributed by atoms with E-state index in [2.05, 4.69) is 37.8 Å². The van der Waals surface area contributed by atoms with E-state index >= 15 is 0 Å². The highest BCUT2D eigenvalue weighted by Gasteiger charge is 2.23. The van der Waals surface area contributed by atoms with Crippen LogP contribution >= 0.6 is 0 Å². The van der Waals surface area contributed by atoms with Gasteiger partial charge >= 0.3 is 0 Å². The second-order valence-electron chi connectivity index (χ2n) is 5.14. The molecule has 0 aliphatic heterocycles. The molecule has 0 radical (unpaired) electrons. The molecule has 1 rings (SSSR count). The van der Waals surface area contributed by atoms with Gasteiger partial charge in [0.05, 0.1) is 6.10 Å². The van der Waals surface area contributed by atoms with Gasteiger partial charge in [0.2, 0.25) is 0 Å². The molecule has 3 atom stereocenters. The lowest BCUT2D eigenvalue weighted by Gasteiger charge is -2.27. The van der Waals surface area contributed by atoms with Crippen molar-refractivity contribution in [2.45, 2.75) is 45.6 Å². The largest absolute Gasteiger partial charge is 0.393 e. The molecule has 1 nitrogen and oxygen atoms in total. The molecule has 0 aromatic heterocycles. The predicted molar refractivity (Wildman–Crippen MR) is 78.5 cm³/mol. The fourth-order valence-electron chi connectivity index (χ4n) is 2.55. The maximum atomic E-state index is 9.97. The third-order valence-corrected chi connectivity index (χ3v) is 3.68. The van der Waals surface area contributed by atoms with Crippen LogP contribution < -0.4 is 0 Å². The van der Waals surface area contributed by atoms with Crippen molar-refractivity contribution in [3.63, 3.8) is 0 Å². The average molecular weight is 246 g/mol. The van der Waals surface area contributed by atoms with Crippen molar-refractivity contribution in [2.75, 3.05) is 0 Å². The topological polar surface area (TPSA) is 20.2 Å². The first-order chi connectivity index (χ1) is 8.69. The summed E-state index contributed by atoms with van der Waals surface area (Å²) in [6.45, 7) is 8.06. The molecule has 100 valence electrons. The van der Waals surface area contributed by atoms with E-state index in [-0.39, 0.29) is 6.10 Å². The summed E-state index contributed by atoms with van der Waals surface area (Å²) in [7, 11) is 0. The number of hydrogen-bond acceptors (Lipinski definition) is 1. The van der Waals surface area contributed by atoms with Gasteiger partial charge in [0.15, 0.2) is 0 Å². The van der Waals surface area contributed by atoms with Gasteiger partial charge < -0.3 is 5.11 Å². The fraction of sp³-hybridized carbons (Fsp3) is 0.529. The number of benzene rings is 1.